The average molecular weight is 259 g/mol. The third-order valence-corrected chi connectivity index (χ3v) is 4.60. The second kappa shape index (κ2) is 5.99. The van der Waals surface area contributed by atoms with Gasteiger partial charge in [-0.25, -0.2) is 4.98 Å². The monoisotopic (exact) mass is 258 g/mol. The molecule has 0 saturated heterocycles. The second-order valence-corrected chi connectivity index (χ2v) is 6.03. The molecule has 0 radical (unpaired) electrons. The zero-order valence-corrected chi connectivity index (χ0v) is 11.3. The van der Waals surface area contributed by atoms with Crippen molar-refractivity contribution in [3.05, 3.63) is 16.1 Å². The largest absolute Gasteiger partial charge is 0.306 e. The SMILES string of the molecule is Cc1csc(CNC2CCCCCC2Cl)n1. The minimum Gasteiger partial charge on any atom is -0.306 e. The molecule has 2 nitrogen and oxygen atoms in total. The average Bonchev–Trinajstić information content (AvgIpc) is 2.56. The Bertz CT molecular complexity index is 327. The molecular formula is C12H19ClN2S. The Hall–Kier alpha value is -0.120. The quantitative estimate of drug-likeness (QED) is 0.663. The lowest BCUT2D eigenvalue weighted by atomic mass is 10.1. The van der Waals surface area contributed by atoms with Gasteiger partial charge in [0.1, 0.15) is 5.01 Å². The molecule has 2 atom stereocenters. The fourth-order valence-corrected chi connectivity index (χ4v) is 3.29. The molecule has 1 heterocycles. The van der Waals surface area contributed by atoms with Crippen LogP contribution in [0.15, 0.2) is 5.38 Å². The number of nitrogens with one attached hydrogen (secondary N) is 1. The van der Waals surface area contributed by atoms with Crippen LogP contribution in [0.5, 0.6) is 0 Å². The summed E-state index contributed by atoms with van der Waals surface area (Å²) in [6.45, 7) is 2.91. The Morgan fingerprint density at radius 1 is 1.44 bits per heavy atom. The summed E-state index contributed by atoms with van der Waals surface area (Å²) in [6, 6.07) is 0.466. The van der Waals surface area contributed by atoms with Crippen LogP contribution in [0.2, 0.25) is 0 Å². The molecule has 90 valence electrons. The fourth-order valence-electron chi connectivity index (χ4n) is 2.19. The first kappa shape index (κ1) is 12.3. The van der Waals surface area contributed by atoms with E-state index in [9.17, 15) is 0 Å². The molecule has 1 aromatic rings. The molecule has 2 unspecified atom stereocenters. The maximum atomic E-state index is 6.38. The van der Waals surface area contributed by atoms with Crippen molar-refractivity contribution in [2.45, 2.75) is 57.0 Å². The molecular weight excluding hydrogens is 240 g/mol. The van der Waals surface area contributed by atoms with Gasteiger partial charge in [-0.3, -0.25) is 0 Å². The van der Waals surface area contributed by atoms with Crippen molar-refractivity contribution in [1.29, 1.82) is 0 Å². The van der Waals surface area contributed by atoms with Crippen LogP contribution in [0.3, 0.4) is 0 Å². The van der Waals surface area contributed by atoms with E-state index in [0.717, 1.165) is 18.7 Å². The summed E-state index contributed by atoms with van der Waals surface area (Å²) in [5.74, 6) is 0. The first-order chi connectivity index (χ1) is 7.75. The van der Waals surface area contributed by atoms with Crippen LogP contribution < -0.4 is 5.32 Å². The van der Waals surface area contributed by atoms with Crippen LogP contribution in [0.1, 0.15) is 42.8 Å². The van der Waals surface area contributed by atoms with Crippen LogP contribution in [0.25, 0.3) is 0 Å². The molecule has 1 aliphatic rings. The zero-order chi connectivity index (χ0) is 11.4. The summed E-state index contributed by atoms with van der Waals surface area (Å²) in [4.78, 5) is 4.46. The Kier molecular flexibility index (Phi) is 4.62. The number of hydrogen-bond donors (Lipinski definition) is 1. The van der Waals surface area contributed by atoms with Gasteiger partial charge in [0.2, 0.25) is 0 Å². The number of alkyl halides is 1. The van der Waals surface area contributed by atoms with Crippen LogP contribution >= 0.6 is 22.9 Å². The van der Waals surface area contributed by atoms with Crippen LogP contribution in [-0.4, -0.2) is 16.4 Å². The predicted molar refractivity (Wildman–Crippen MR) is 70.2 cm³/mol. The molecule has 1 N–H and O–H groups in total. The first-order valence-corrected chi connectivity index (χ1v) is 7.36. The van der Waals surface area contributed by atoms with E-state index in [0.29, 0.717) is 11.4 Å². The molecule has 16 heavy (non-hydrogen) atoms. The van der Waals surface area contributed by atoms with Crippen molar-refractivity contribution in [2.24, 2.45) is 0 Å². The number of nitrogens with zero attached hydrogens (tertiary/aromatic N) is 1. The highest BCUT2D eigenvalue weighted by Gasteiger charge is 2.21. The fraction of sp³-hybridized carbons (Fsp3) is 0.750. The highest BCUT2D eigenvalue weighted by atomic mass is 35.5. The van der Waals surface area contributed by atoms with E-state index in [-0.39, 0.29) is 0 Å². The van der Waals surface area contributed by atoms with Gasteiger partial charge in [0, 0.05) is 29.0 Å². The van der Waals surface area contributed by atoms with Crippen molar-refractivity contribution < 1.29 is 0 Å². The van der Waals surface area contributed by atoms with Gasteiger partial charge in [0.25, 0.3) is 0 Å². The van der Waals surface area contributed by atoms with Crippen molar-refractivity contribution in [3.63, 3.8) is 0 Å². The molecule has 2 rings (SSSR count). The Labute approximate surface area is 106 Å². The van der Waals surface area contributed by atoms with Gasteiger partial charge < -0.3 is 5.32 Å². The highest BCUT2D eigenvalue weighted by Crippen LogP contribution is 2.22. The van der Waals surface area contributed by atoms with Gasteiger partial charge in [-0.1, -0.05) is 19.3 Å². The van der Waals surface area contributed by atoms with Crippen LogP contribution in [-0.2, 0) is 6.54 Å². The molecule has 1 fully saturated rings. The first-order valence-electron chi connectivity index (χ1n) is 6.04. The summed E-state index contributed by atoms with van der Waals surface area (Å²) < 4.78 is 0. The topological polar surface area (TPSA) is 24.9 Å². The Morgan fingerprint density at radius 3 is 3.00 bits per heavy atom. The minimum absolute atomic E-state index is 0.295. The smallest absolute Gasteiger partial charge is 0.107 e. The molecule has 1 saturated carbocycles. The Balaban J connectivity index is 1.83. The normalized spacial score (nSPS) is 26.6. The minimum atomic E-state index is 0.295. The number of aryl methyl sites for hydroxylation is 1. The standard InChI is InChI=1S/C12H19ClN2S/c1-9-8-16-12(15-9)7-14-11-6-4-2-3-5-10(11)13/h8,10-11,14H,2-7H2,1H3. The van der Waals surface area contributed by atoms with E-state index in [1.807, 2.05) is 6.92 Å². The van der Waals surface area contributed by atoms with E-state index in [1.54, 1.807) is 11.3 Å². The molecule has 4 heteroatoms. The molecule has 0 aliphatic heterocycles. The van der Waals surface area contributed by atoms with Crippen molar-refractivity contribution >= 4 is 22.9 Å². The molecule has 0 amide bonds. The summed E-state index contributed by atoms with van der Waals surface area (Å²) in [5.41, 5.74) is 1.12. The van der Waals surface area contributed by atoms with E-state index < -0.39 is 0 Å². The van der Waals surface area contributed by atoms with Gasteiger partial charge >= 0.3 is 0 Å². The highest BCUT2D eigenvalue weighted by molar-refractivity contribution is 7.09. The van der Waals surface area contributed by atoms with Gasteiger partial charge in [-0.15, -0.1) is 22.9 Å². The van der Waals surface area contributed by atoms with E-state index in [2.05, 4.69) is 15.7 Å². The van der Waals surface area contributed by atoms with Gasteiger partial charge in [0.05, 0.1) is 0 Å². The number of rotatable bonds is 3. The number of thiazole rings is 1. The summed E-state index contributed by atoms with van der Waals surface area (Å²) in [7, 11) is 0. The number of hydrogen-bond acceptors (Lipinski definition) is 3. The van der Waals surface area contributed by atoms with E-state index in [4.69, 9.17) is 11.6 Å². The van der Waals surface area contributed by atoms with Crippen LogP contribution in [0, 0.1) is 6.92 Å². The molecule has 0 spiro atoms. The van der Waals surface area contributed by atoms with Crippen LogP contribution in [0.4, 0.5) is 0 Å². The van der Waals surface area contributed by atoms with Crippen molar-refractivity contribution in [2.75, 3.05) is 0 Å². The van der Waals surface area contributed by atoms with Gasteiger partial charge in [-0.2, -0.15) is 0 Å². The summed E-state index contributed by atoms with van der Waals surface area (Å²) >= 11 is 8.11. The van der Waals surface area contributed by atoms with E-state index >= 15 is 0 Å². The molecule has 0 bridgehead atoms. The summed E-state index contributed by atoms with van der Waals surface area (Å²) in [5, 5.41) is 7.12. The van der Waals surface area contributed by atoms with Crippen molar-refractivity contribution in [1.82, 2.24) is 10.3 Å². The molecule has 0 aromatic carbocycles. The summed E-state index contributed by atoms with van der Waals surface area (Å²) in [6.07, 6.45) is 6.27. The van der Waals surface area contributed by atoms with Gasteiger partial charge in [-0.05, 0) is 19.8 Å². The zero-order valence-electron chi connectivity index (χ0n) is 9.71. The third-order valence-electron chi connectivity index (χ3n) is 3.11. The maximum absolute atomic E-state index is 6.38. The predicted octanol–water partition coefficient (Wildman–Crippen LogP) is 3.48. The van der Waals surface area contributed by atoms with Gasteiger partial charge in [0.15, 0.2) is 0 Å². The lowest BCUT2D eigenvalue weighted by Gasteiger charge is -2.20. The lowest BCUT2D eigenvalue weighted by Crippen LogP contribution is -2.35. The number of halogens is 1. The van der Waals surface area contributed by atoms with Crippen molar-refractivity contribution in [3.8, 4) is 0 Å². The van der Waals surface area contributed by atoms with E-state index in [1.165, 1.54) is 30.7 Å². The molecule has 1 aliphatic carbocycles. The maximum Gasteiger partial charge on any atom is 0.107 e. The third kappa shape index (κ3) is 3.44. The number of aromatic nitrogens is 1. The second-order valence-electron chi connectivity index (χ2n) is 4.52. The molecule has 1 aromatic heterocycles. The Morgan fingerprint density at radius 2 is 2.25 bits per heavy atom. The lowest BCUT2D eigenvalue weighted by molar-refractivity contribution is 0.464.